The van der Waals surface area contributed by atoms with Crippen LogP contribution in [0.5, 0.6) is 0 Å². The van der Waals surface area contributed by atoms with E-state index in [1.54, 1.807) is 5.38 Å². The summed E-state index contributed by atoms with van der Waals surface area (Å²) in [5.41, 5.74) is 5.95. The minimum atomic E-state index is -0.563. The minimum Gasteiger partial charge on any atom is -0.380 e. The Kier molecular flexibility index (Phi) is 2.04. The van der Waals surface area contributed by atoms with Crippen LogP contribution in [-0.4, -0.2) is 14.6 Å². The average molecular weight is 263 g/mol. The van der Waals surface area contributed by atoms with Gasteiger partial charge in [-0.15, -0.1) is 0 Å². The molecule has 68 valence electrons. The van der Waals surface area contributed by atoms with E-state index in [9.17, 15) is 4.39 Å². The largest absolute Gasteiger partial charge is 0.380 e. The van der Waals surface area contributed by atoms with Crippen molar-refractivity contribution in [2.24, 2.45) is 0 Å². The molecule has 0 radical (unpaired) electrons. The molecule has 0 aliphatic rings. The van der Waals surface area contributed by atoms with E-state index in [0.717, 1.165) is 4.47 Å². The predicted octanol–water partition coefficient (Wildman–Crippen LogP) is 2.02. The predicted molar refractivity (Wildman–Crippen MR) is 51.8 cm³/mol. The summed E-state index contributed by atoms with van der Waals surface area (Å²) in [5, 5.41) is 7.77. The van der Waals surface area contributed by atoms with Crippen molar-refractivity contribution in [1.29, 1.82) is 0 Å². The normalized spacial score (nSPS) is 10.6. The zero-order valence-electron chi connectivity index (χ0n) is 6.21. The number of nitrogens with two attached hydrogens (primary N) is 1. The monoisotopic (exact) mass is 262 g/mol. The van der Waals surface area contributed by atoms with E-state index in [4.69, 9.17) is 5.73 Å². The van der Waals surface area contributed by atoms with Crippen molar-refractivity contribution in [3.63, 3.8) is 0 Å². The fourth-order valence-corrected chi connectivity index (χ4v) is 2.10. The molecule has 0 fully saturated rings. The molecule has 2 heterocycles. The first kappa shape index (κ1) is 8.64. The summed E-state index contributed by atoms with van der Waals surface area (Å²) in [4.78, 5) is 0. The molecule has 0 unspecified atom stereocenters. The van der Waals surface area contributed by atoms with Crippen molar-refractivity contribution < 1.29 is 4.39 Å². The highest BCUT2D eigenvalue weighted by Crippen LogP contribution is 2.30. The number of nitrogen functional groups attached to an aromatic ring is 1. The minimum absolute atomic E-state index is 0.144. The Bertz CT molecular complexity index is 438. The van der Waals surface area contributed by atoms with Gasteiger partial charge in [0.2, 0.25) is 0 Å². The molecular weight excluding hydrogens is 259 g/mol. The summed E-state index contributed by atoms with van der Waals surface area (Å²) in [6.07, 6.45) is 0. The third-order valence-electron chi connectivity index (χ3n) is 1.50. The second-order valence-corrected chi connectivity index (χ2v) is 3.79. The van der Waals surface area contributed by atoms with E-state index in [-0.39, 0.29) is 11.5 Å². The van der Waals surface area contributed by atoms with Crippen LogP contribution in [0.1, 0.15) is 0 Å². The van der Waals surface area contributed by atoms with E-state index >= 15 is 0 Å². The summed E-state index contributed by atoms with van der Waals surface area (Å²) in [5.74, 6) is -0.707. The second-order valence-electron chi connectivity index (χ2n) is 2.31. The number of halogens is 2. The highest BCUT2D eigenvalue weighted by Gasteiger charge is 2.16. The second kappa shape index (κ2) is 3.08. The van der Waals surface area contributed by atoms with Crippen LogP contribution in [0.2, 0.25) is 0 Å². The zero-order valence-corrected chi connectivity index (χ0v) is 8.62. The van der Waals surface area contributed by atoms with Crippen molar-refractivity contribution >= 4 is 33.3 Å². The van der Waals surface area contributed by atoms with Crippen LogP contribution >= 0.6 is 27.5 Å². The number of H-pyrrole nitrogens is 1. The van der Waals surface area contributed by atoms with Gasteiger partial charge in [0.25, 0.3) is 0 Å². The van der Waals surface area contributed by atoms with Crippen LogP contribution in [-0.2, 0) is 0 Å². The van der Waals surface area contributed by atoms with E-state index in [2.05, 4.69) is 30.5 Å². The van der Waals surface area contributed by atoms with Gasteiger partial charge in [-0.05, 0) is 27.5 Å². The van der Waals surface area contributed by atoms with Gasteiger partial charge in [-0.1, -0.05) is 0 Å². The quantitative estimate of drug-likeness (QED) is 0.827. The molecule has 0 aliphatic heterocycles. The van der Waals surface area contributed by atoms with Crippen LogP contribution in [0.25, 0.3) is 11.4 Å². The summed E-state index contributed by atoms with van der Waals surface area (Å²) >= 11 is 4.47. The highest BCUT2D eigenvalue weighted by atomic mass is 79.9. The standard InChI is InChI=1S/C6H4BrFN4S/c7-2-1-13-12-4(2)5-3(8)6(9)11-10-5/h1H,(H3,9,10,11). The molecule has 0 saturated heterocycles. The number of rotatable bonds is 1. The zero-order chi connectivity index (χ0) is 9.42. The number of nitrogens with zero attached hydrogens (tertiary/aromatic N) is 2. The fourth-order valence-electron chi connectivity index (χ4n) is 0.889. The first-order valence-electron chi connectivity index (χ1n) is 3.29. The maximum absolute atomic E-state index is 13.2. The molecule has 3 N–H and O–H groups in total. The Labute approximate surface area is 85.3 Å². The van der Waals surface area contributed by atoms with Gasteiger partial charge >= 0.3 is 0 Å². The van der Waals surface area contributed by atoms with Crippen molar-refractivity contribution in [3.05, 3.63) is 15.7 Å². The number of aromatic amines is 1. The van der Waals surface area contributed by atoms with Crippen LogP contribution in [0, 0.1) is 5.82 Å². The first-order valence-corrected chi connectivity index (χ1v) is 4.92. The van der Waals surface area contributed by atoms with Crippen molar-refractivity contribution in [2.45, 2.75) is 0 Å². The average Bonchev–Trinajstić information content (AvgIpc) is 2.62. The molecule has 2 aromatic heterocycles. The van der Waals surface area contributed by atoms with Gasteiger partial charge in [0.05, 0.1) is 4.47 Å². The van der Waals surface area contributed by atoms with Gasteiger partial charge in [-0.25, -0.2) is 4.39 Å². The van der Waals surface area contributed by atoms with Gasteiger partial charge in [0, 0.05) is 5.38 Å². The van der Waals surface area contributed by atoms with E-state index in [1.165, 1.54) is 11.5 Å². The SMILES string of the molecule is Nc1n[nH]c(-c2nscc2Br)c1F. The number of hydrogen-bond donors (Lipinski definition) is 2. The molecule has 0 spiro atoms. The maximum Gasteiger partial charge on any atom is 0.194 e. The van der Waals surface area contributed by atoms with Crippen LogP contribution < -0.4 is 5.73 Å². The Morgan fingerprint density at radius 2 is 2.38 bits per heavy atom. The Morgan fingerprint density at radius 3 is 2.85 bits per heavy atom. The fraction of sp³-hybridized carbons (Fsp3) is 0. The van der Waals surface area contributed by atoms with E-state index < -0.39 is 5.82 Å². The summed E-state index contributed by atoms with van der Waals surface area (Å²) in [6, 6.07) is 0. The molecule has 2 rings (SSSR count). The third-order valence-corrected chi connectivity index (χ3v) is 3.03. The smallest absolute Gasteiger partial charge is 0.194 e. The number of nitrogens with one attached hydrogen (secondary N) is 1. The van der Waals surface area contributed by atoms with E-state index in [1.807, 2.05) is 0 Å². The van der Waals surface area contributed by atoms with Gasteiger partial charge in [0.1, 0.15) is 11.4 Å². The van der Waals surface area contributed by atoms with Crippen molar-refractivity contribution in [2.75, 3.05) is 5.73 Å². The maximum atomic E-state index is 13.2. The van der Waals surface area contributed by atoms with Crippen molar-refractivity contribution in [1.82, 2.24) is 14.6 Å². The molecule has 0 aromatic carbocycles. The first-order chi connectivity index (χ1) is 6.20. The molecule has 0 amide bonds. The Hall–Kier alpha value is -0.950. The van der Waals surface area contributed by atoms with Crippen LogP contribution in [0.4, 0.5) is 10.2 Å². The highest BCUT2D eigenvalue weighted by molar-refractivity contribution is 9.10. The molecule has 0 aliphatic carbocycles. The molecule has 0 saturated carbocycles. The lowest BCUT2D eigenvalue weighted by atomic mass is 10.3. The van der Waals surface area contributed by atoms with Gasteiger partial charge < -0.3 is 5.73 Å². The molecule has 7 heteroatoms. The van der Waals surface area contributed by atoms with Crippen LogP contribution in [0.15, 0.2) is 9.85 Å². The molecule has 0 bridgehead atoms. The summed E-state index contributed by atoms with van der Waals surface area (Å²) in [7, 11) is 0. The summed E-state index contributed by atoms with van der Waals surface area (Å²) in [6.45, 7) is 0. The molecule has 2 aromatic rings. The number of hydrogen-bond acceptors (Lipinski definition) is 4. The topological polar surface area (TPSA) is 67.6 Å². The Balaban J connectivity index is 2.59. The summed E-state index contributed by atoms with van der Waals surface area (Å²) < 4.78 is 17.9. The molecule has 13 heavy (non-hydrogen) atoms. The van der Waals surface area contributed by atoms with Gasteiger partial charge in [-0.3, -0.25) is 5.10 Å². The van der Waals surface area contributed by atoms with E-state index in [0.29, 0.717) is 5.69 Å². The molecule has 4 nitrogen and oxygen atoms in total. The van der Waals surface area contributed by atoms with Gasteiger partial charge in [0.15, 0.2) is 11.6 Å². The van der Waals surface area contributed by atoms with Crippen molar-refractivity contribution in [3.8, 4) is 11.4 Å². The molecular formula is C6H4BrFN4S. The van der Waals surface area contributed by atoms with Crippen LogP contribution in [0.3, 0.4) is 0 Å². The number of aromatic nitrogens is 3. The van der Waals surface area contributed by atoms with Gasteiger partial charge in [-0.2, -0.15) is 9.47 Å². The third kappa shape index (κ3) is 1.33. The lowest BCUT2D eigenvalue weighted by molar-refractivity contribution is 0.636. The molecule has 0 atom stereocenters. The number of anilines is 1. The Morgan fingerprint density at radius 1 is 1.62 bits per heavy atom. The lowest BCUT2D eigenvalue weighted by Gasteiger charge is -1.91. The lowest BCUT2D eigenvalue weighted by Crippen LogP contribution is -1.87.